The van der Waals surface area contributed by atoms with Gasteiger partial charge in [0.25, 0.3) is 5.69 Å². The lowest BCUT2D eigenvalue weighted by Gasteiger charge is -1.98. The molecule has 5 nitrogen and oxygen atoms in total. The van der Waals surface area contributed by atoms with Gasteiger partial charge in [-0.05, 0) is 18.9 Å². The number of nitro benzene ring substituents is 1. The molecule has 2 aromatic rings. The first-order chi connectivity index (χ1) is 7.66. The fourth-order valence-electron chi connectivity index (χ4n) is 2.02. The van der Waals surface area contributed by atoms with Gasteiger partial charge in [-0.1, -0.05) is 0 Å². The maximum absolute atomic E-state index is 10.7. The summed E-state index contributed by atoms with van der Waals surface area (Å²) in [6, 6.07) is 4.82. The Kier molecular flexibility index (Phi) is 1.77. The Bertz CT molecular complexity index is 584. The van der Waals surface area contributed by atoms with Gasteiger partial charge >= 0.3 is 0 Å². The van der Waals surface area contributed by atoms with Crippen LogP contribution in [0, 0.1) is 10.1 Å². The molecule has 1 aliphatic rings. The lowest BCUT2D eigenvalue weighted by Crippen LogP contribution is -1.95. The van der Waals surface area contributed by atoms with Crippen molar-refractivity contribution in [2.24, 2.45) is 7.05 Å². The van der Waals surface area contributed by atoms with Crippen molar-refractivity contribution in [3.8, 4) is 0 Å². The molecule has 1 aliphatic carbocycles. The predicted molar refractivity (Wildman–Crippen MR) is 59.3 cm³/mol. The van der Waals surface area contributed by atoms with Crippen LogP contribution in [0.15, 0.2) is 18.2 Å². The lowest BCUT2D eigenvalue weighted by molar-refractivity contribution is -0.384. The second-order valence-electron chi connectivity index (χ2n) is 4.23. The number of hydrogen-bond donors (Lipinski definition) is 0. The van der Waals surface area contributed by atoms with E-state index in [1.807, 2.05) is 11.6 Å². The number of hydrogen-bond acceptors (Lipinski definition) is 3. The number of benzene rings is 1. The molecular formula is C11H11N3O2. The Morgan fingerprint density at radius 3 is 2.88 bits per heavy atom. The second-order valence-corrected chi connectivity index (χ2v) is 4.23. The van der Waals surface area contributed by atoms with Gasteiger partial charge in [0.1, 0.15) is 5.82 Å². The van der Waals surface area contributed by atoms with Gasteiger partial charge in [-0.3, -0.25) is 10.1 Å². The number of aromatic nitrogens is 2. The van der Waals surface area contributed by atoms with Crippen LogP contribution in [0.25, 0.3) is 11.0 Å². The quantitative estimate of drug-likeness (QED) is 0.573. The summed E-state index contributed by atoms with van der Waals surface area (Å²) in [4.78, 5) is 14.8. The summed E-state index contributed by atoms with van der Waals surface area (Å²) in [6.07, 6.45) is 2.36. The van der Waals surface area contributed by atoms with Crippen LogP contribution in [0.4, 0.5) is 5.69 Å². The highest BCUT2D eigenvalue weighted by atomic mass is 16.6. The number of imidazole rings is 1. The van der Waals surface area contributed by atoms with Crippen LogP contribution in [-0.4, -0.2) is 14.5 Å². The lowest BCUT2D eigenvalue weighted by atomic mass is 10.3. The molecule has 1 saturated carbocycles. The third-order valence-electron chi connectivity index (χ3n) is 3.05. The molecule has 0 amide bonds. The topological polar surface area (TPSA) is 61.0 Å². The van der Waals surface area contributed by atoms with Crippen LogP contribution in [0.5, 0.6) is 0 Å². The molecule has 1 heterocycles. The van der Waals surface area contributed by atoms with E-state index >= 15 is 0 Å². The molecule has 82 valence electrons. The summed E-state index contributed by atoms with van der Waals surface area (Å²) < 4.78 is 1.97. The van der Waals surface area contributed by atoms with E-state index in [0.717, 1.165) is 16.9 Å². The molecule has 16 heavy (non-hydrogen) atoms. The minimum absolute atomic E-state index is 0.123. The highest BCUT2D eigenvalue weighted by Gasteiger charge is 2.28. The van der Waals surface area contributed by atoms with E-state index in [2.05, 4.69) is 4.98 Å². The fourth-order valence-corrected chi connectivity index (χ4v) is 2.02. The summed E-state index contributed by atoms with van der Waals surface area (Å²) in [7, 11) is 1.92. The van der Waals surface area contributed by atoms with Crippen LogP contribution < -0.4 is 0 Å². The first-order valence-electron chi connectivity index (χ1n) is 5.27. The zero-order valence-corrected chi connectivity index (χ0v) is 8.88. The van der Waals surface area contributed by atoms with Crippen molar-refractivity contribution >= 4 is 16.7 Å². The van der Waals surface area contributed by atoms with E-state index in [1.54, 1.807) is 12.1 Å². The van der Waals surface area contributed by atoms with Crippen molar-refractivity contribution in [2.45, 2.75) is 18.8 Å². The first kappa shape index (κ1) is 9.33. The number of rotatable bonds is 2. The van der Waals surface area contributed by atoms with E-state index < -0.39 is 0 Å². The maximum Gasteiger partial charge on any atom is 0.271 e. The molecule has 1 aromatic heterocycles. The molecule has 5 heteroatoms. The van der Waals surface area contributed by atoms with E-state index in [0.29, 0.717) is 5.92 Å². The highest BCUT2D eigenvalue weighted by Crippen LogP contribution is 2.40. The van der Waals surface area contributed by atoms with Gasteiger partial charge in [0.05, 0.1) is 16.0 Å². The number of nitrogens with zero attached hydrogens (tertiary/aromatic N) is 3. The van der Waals surface area contributed by atoms with Crippen molar-refractivity contribution in [3.63, 3.8) is 0 Å². The molecule has 0 unspecified atom stereocenters. The van der Waals surface area contributed by atoms with Gasteiger partial charge in [0.2, 0.25) is 0 Å². The van der Waals surface area contributed by atoms with Crippen molar-refractivity contribution in [1.29, 1.82) is 0 Å². The summed E-state index contributed by atoms with van der Waals surface area (Å²) in [5, 5.41) is 10.7. The molecule has 0 spiro atoms. The Morgan fingerprint density at radius 2 is 2.25 bits per heavy atom. The van der Waals surface area contributed by atoms with Gasteiger partial charge < -0.3 is 4.57 Å². The Morgan fingerprint density at radius 1 is 1.50 bits per heavy atom. The van der Waals surface area contributed by atoms with E-state index in [1.165, 1.54) is 18.9 Å². The molecule has 1 fully saturated rings. The van der Waals surface area contributed by atoms with Crippen LogP contribution in [0.3, 0.4) is 0 Å². The molecular weight excluding hydrogens is 206 g/mol. The van der Waals surface area contributed by atoms with Gasteiger partial charge in [-0.25, -0.2) is 4.98 Å². The van der Waals surface area contributed by atoms with Gasteiger partial charge in [0.15, 0.2) is 0 Å². The van der Waals surface area contributed by atoms with E-state index in [-0.39, 0.29) is 10.6 Å². The standard InChI is InChI=1S/C11H11N3O2/c1-13-10-6-8(14(15)16)4-5-9(10)12-11(13)7-2-3-7/h4-7H,2-3H2,1H3. The molecule has 0 atom stereocenters. The zero-order chi connectivity index (χ0) is 11.3. The van der Waals surface area contributed by atoms with Crippen molar-refractivity contribution in [2.75, 3.05) is 0 Å². The summed E-state index contributed by atoms with van der Waals surface area (Å²) in [5.41, 5.74) is 1.81. The normalized spacial score (nSPS) is 15.6. The molecule has 1 aromatic carbocycles. The average molecular weight is 217 g/mol. The van der Waals surface area contributed by atoms with Gasteiger partial charge in [-0.2, -0.15) is 0 Å². The number of non-ortho nitro benzene ring substituents is 1. The van der Waals surface area contributed by atoms with Crippen molar-refractivity contribution in [3.05, 3.63) is 34.1 Å². The second kappa shape index (κ2) is 3.04. The van der Waals surface area contributed by atoms with Crippen LogP contribution in [0.1, 0.15) is 24.6 Å². The number of nitro groups is 1. The Labute approximate surface area is 91.9 Å². The zero-order valence-electron chi connectivity index (χ0n) is 8.88. The highest BCUT2D eigenvalue weighted by molar-refractivity contribution is 5.78. The van der Waals surface area contributed by atoms with Gasteiger partial charge in [0, 0.05) is 25.1 Å². The Hall–Kier alpha value is -1.91. The van der Waals surface area contributed by atoms with Crippen molar-refractivity contribution < 1.29 is 4.92 Å². The molecule has 3 rings (SSSR count). The predicted octanol–water partition coefficient (Wildman–Crippen LogP) is 2.36. The van der Waals surface area contributed by atoms with Crippen LogP contribution >= 0.6 is 0 Å². The third kappa shape index (κ3) is 1.28. The molecule has 0 bridgehead atoms. The van der Waals surface area contributed by atoms with Gasteiger partial charge in [-0.15, -0.1) is 0 Å². The molecule has 0 aliphatic heterocycles. The third-order valence-corrected chi connectivity index (χ3v) is 3.05. The molecule has 0 radical (unpaired) electrons. The smallest absolute Gasteiger partial charge is 0.271 e. The SMILES string of the molecule is Cn1c(C2CC2)nc2ccc([N+](=O)[O-])cc21. The minimum Gasteiger partial charge on any atom is -0.331 e. The molecule has 0 saturated heterocycles. The maximum atomic E-state index is 10.7. The van der Waals surface area contributed by atoms with Crippen molar-refractivity contribution in [1.82, 2.24) is 9.55 Å². The molecule has 0 N–H and O–H groups in total. The monoisotopic (exact) mass is 217 g/mol. The van der Waals surface area contributed by atoms with E-state index in [9.17, 15) is 10.1 Å². The van der Waals surface area contributed by atoms with E-state index in [4.69, 9.17) is 0 Å². The summed E-state index contributed by atoms with van der Waals surface area (Å²) in [5.74, 6) is 1.60. The minimum atomic E-state index is -0.372. The fraction of sp³-hybridized carbons (Fsp3) is 0.364. The summed E-state index contributed by atoms with van der Waals surface area (Å²) >= 11 is 0. The van der Waals surface area contributed by atoms with Crippen LogP contribution in [0.2, 0.25) is 0 Å². The number of fused-ring (bicyclic) bond motifs is 1. The Balaban J connectivity index is 2.22. The number of aryl methyl sites for hydroxylation is 1. The largest absolute Gasteiger partial charge is 0.331 e. The first-order valence-corrected chi connectivity index (χ1v) is 5.27. The van der Waals surface area contributed by atoms with Crippen LogP contribution in [-0.2, 0) is 7.05 Å². The average Bonchev–Trinajstić information content (AvgIpc) is 3.04. The summed E-state index contributed by atoms with van der Waals surface area (Å²) in [6.45, 7) is 0.